The largest absolute Gasteiger partial charge is 0.273 e. The summed E-state index contributed by atoms with van der Waals surface area (Å²) in [6, 6.07) is 25.4. The first-order valence-corrected chi connectivity index (χ1v) is 11.8. The monoisotopic (exact) mass is 431 g/mol. The Morgan fingerprint density at radius 2 is 1.45 bits per heavy atom. The van der Waals surface area contributed by atoms with E-state index >= 15 is 0 Å². The summed E-state index contributed by atoms with van der Waals surface area (Å²) in [4.78, 5) is 13.2. The standard InChI is InChI=1S/C26H25NO3S/c1-19-13-16-23(17-14-19)31(29,30)27-25(22-11-7-4-8-12-22)24(26(27)28)18-15-20(2)21-9-5-3-6-10-21/h3-18,20,24-25H,1-2H3/b18-15+/t20?,24-,25-/m0/s1. The molecule has 0 radical (unpaired) electrons. The summed E-state index contributed by atoms with van der Waals surface area (Å²) in [5.74, 6) is -0.798. The van der Waals surface area contributed by atoms with Gasteiger partial charge in [-0.1, -0.05) is 97.4 Å². The summed E-state index contributed by atoms with van der Waals surface area (Å²) in [7, 11) is -3.94. The van der Waals surface area contributed by atoms with Gasteiger partial charge in [0.15, 0.2) is 0 Å². The highest BCUT2D eigenvalue weighted by Crippen LogP contribution is 2.45. The summed E-state index contributed by atoms with van der Waals surface area (Å²) in [5, 5.41) is 0. The molecule has 0 saturated carbocycles. The van der Waals surface area contributed by atoms with E-state index in [-0.39, 0.29) is 10.8 Å². The van der Waals surface area contributed by atoms with Gasteiger partial charge in [0.1, 0.15) is 0 Å². The number of rotatable bonds is 6. The third-order valence-corrected chi connectivity index (χ3v) is 7.54. The maximum atomic E-state index is 13.3. The van der Waals surface area contributed by atoms with Gasteiger partial charge in [0.05, 0.1) is 16.9 Å². The fourth-order valence-corrected chi connectivity index (χ4v) is 5.53. The zero-order valence-corrected chi connectivity index (χ0v) is 18.4. The molecule has 0 aromatic heterocycles. The summed E-state index contributed by atoms with van der Waals surface area (Å²) in [6.45, 7) is 3.96. The molecule has 4 nitrogen and oxygen atoms in total. The number of hydrogen-bond acceptors (Lipinski definition) is 3. The Hall–Kier alpha value is -3.18. The highest BCUT2D eigenvalue weighted by atomic mass is 32.2. The van der Waals surface area contributed by atoms with Crippen molar-refractivity contribution < 1.29 is 13.2 Å². The molecule has 3 aromatic carbocycles. The number of carbonyl (C=O) groups excluding carboxylic acids is 1. The number of benzene rings is 3. The minimum Gasteiger partial charge on any atom is -0.273 e. The Morgan fingerprint density at radius 3 is 2.06 bits per heavy atom. The highest BCUT2D eigenvalue weighted by molar-refractivity contribution is 7.89. The Labute approximate surface area is 183 Å². The average molecular weight is 432 g/mol. The second-order valence-corrected chi connectivity index (χ2v) is 9.73. The van der Waals surface area contributed by atoms with Crippen LogP contribution in [-0.2, 0) is 14.8 Å². The quantitative estimate of drug-likeness (QED) is 0.396. The van der Waals surface area contributed by atoms with Gasteiger partial charge < -0.3 is 0 Å². The summed E-state index contributed by atoms with van der Waals surface area (Å²) in [5.41, 5.74) is 2.91. The molecule has 1 unspecified atom stereocenters. The first kappa shape index (κ1) is 21.1. The summed E-state index contributed by atoms with van der Waals surface area (Å²) < 4.78 is 27.6. The number of β-lactam (4-membered cyclic amide) rings is 1. The van der Waals surface area contributed by atoms with Gasteiger partial charge >= 0.3 is 0 Å². The smallest absolute Gasteiger partial charge is 0.267 e. The predicted molar refractivity (Wildman–Crippen MR) is 122 cm³/mol. The molecule has 1 fully saturated rings. The van der Waals surface area contributed by atoms with Crippen LogP contribution in [0.5, 0.6) is 0 Å². The third kappa shape index (κ3) is 4.06. The van der Waals surface area contributed by atoms with Crippen LogP contribution in [0.15, 0.2) is 102 Å². The minimum absolute atomic E-state index is 0.119. The molecule has 0 bridgehead atoms. The van der Waals surface area contributed by atoms with Gasteiger partial charge in [-0.05, 0) is 36.1 Å². The lowest BCUT2D eigenvalue weighted by Crippen LogP contribution is -2.56. The lowest BCUT2D eigenvalue weighted by Gasteiger charge is -2.45. The van der Waals surface area contributed by atoms with E-state index in [0.29, 0.717) is 0 Å². The molecule has 1 aliphatic rings. The Morgan fingerprint density at radius 1 is 0.871 bits per heavy atom. The first-order chi connectivity index (χ1) is 14.9. The van der Waals surface area contributed by atoms with Crippen LogP contribution in [0.4, 0.5) is 0 Å². The van der Waals surface area contributed by atoms with E-state index in [0.717, 1.165) is 21.0 Å². The van der Waals surface area contributed by atoms with Crippen molar-refractivity contribution in [2.45, 2.75) is 30.7 Å². The van der Waals surface area contributed by atoms with Gasteiger partial charge in [0.25, 0.3) is 10.0 Å². The molecule has 0 aliphatic carbocycles. The second-order valence-electron chi connectivity index (χ2n) is 7.92. The number of allylic oxidation sites excluding steroid dienone is 1. The molecular formula is C26H25NO3S. The van der Waals surface area contributed by atoms with Crippen LogP contribution in [0.1, 0.15) is 35.6 Å². The van der Waals surface area contributed by atoms with Gasteiger partial charge in [0, 0.05) is 0 Å². The summed E-state index contributed by atoms with van der Waals surface area (Å²) >= 11 is 0. The molecule has 1 saturated heterocycles. The molecule has 4 rings (SSSR count). The fraction of sp³-hybridized carbons (Fsp3) is 0.192. The first-order valence-electron chi connectivity index (χ1n) is 10.3. The van der Waals surface area contributed by atoms with E-state index in [1.54, 1.807) is 24.3 Å². The van der Waals surface area contributed by atoms with Crippen molar-refractivity contribution in [2.24, 2.45) is 5.92 Å². The van der Waals surface area contributed by atoms with E-state index in [9.17, 15) is 13.2 Å². The van der Waals surface area contributed by atoms with Crippen LogP contribution >= 0.6 is 0 Å². The Kier molecular flexibility index (Phi) is 5.79. The maximum absolute atomic E-state index is 13.3. The van der Waals surface area contributed by atoms with Crippen LogP contribution in [0.2, 0.25) is 0 Å². The molecule has 0 spiro atoms. The van der Waals surface area contributed by atoms with Crippen LogP contribution in [-0.4, -0.2) is 18.6 Å². The molecule has 0 N–H and O–H groups in total. The number of amides is 1. The van der Waals surface area contributed by atoms with Crippen molar-refractivity contribution in [1.82, 2.24) is 4.31 Å². The molecule has 1 amide bonds. The summed E-state index contributed by atoms with van der Waals surface area (Å²) in [6.07, 6.45) is 3.85. The van der Waals surface area contributed by atoms with Crippen LogP contribution in [0.3, 0.4) is 0 Å². The SMILES string of the molecule is Cc1ccc(S(=O)(=O)N2C(=O)[C@@H](/C=C/C(C)c3ccccc3)[C@@H]2c2ccccc2)cc1. The number of carbonyl (C=O) groups is 1. The second kappa shape index (κ2) is 8.52. The van der Waals surface area contributed by atoms with Crippen molar-refractivity contribution in [2.75, 3.05) is 0 Å². The van der Waals surface area contributed by atoms with Crippen LogP contribution in [0.25, 0.3) is 0 Å². The highest BCUT2D eigenvalue weighted by Gasteiger charge is 2.53. The van der Waals surface area contributed by atoms with Crippen LogP contribution < -0.4 is 0 Å². The van der Waals surface area contributed by atoms with Crippen molar-refractivity contribution in [3.8, 4) is 0 Å². The van der Waals surface area contributed by atoms with Gasteiger partial charge in [0.2, 0.25) is 5.91 Å². The van der Waals surface area contributed by atoms with E-state index in [1.807, 2.05) is 79.7 Å². The van der Waals surface area contributed by atoms with Gasteiger partial charge in [-0.15, -0.1) is 0 Å². The number of sulfonamides is 1. The van der Waals surface area contributed by atoms with Crippen molar-refractivity contribution in [3.63, 3.8) is 0 Å². The average Bonchev–Trinajstić information content (AvgIpc) is 2.78. The zero-order valence-electron chi connectivity index (χ0n) is 17.5. The molecule has 158 valence electrons. The van der Waals surface area contributed by atoms with Crippen LogP contribution in [0, 0.1) is 12.8 Å². The molecule has 5 heteroatoms. The normalized spacial score (nSPS) is 19.9. The molecule has 31 heavy (non-hydrogen) atoms. The van der Waals surface area contributed by atoms with E-state index in [1.165, 1.54) is 0 Å². The van der Waals surface area contributed by atoms with Crippen molar-refractivity contribution >= 4 is 15.9 Å². The van der Waals surface area contributed by atoms with Crippen molar-refractivity contribution in [3.05, 3.63) is 114 Å². The third-order valence-electron chi connectivity index (χ3n) is 5.75. The predicted octanol–water partition coefficient (Wildman–Crippen LogP) is 5.24. The number of nitrogens with zero attached hydrogens (tertiary/aromatic N) is 1. The van der Waals surface area contributed by atoms with E-state index in [4.69, 9.17) is 0 Å². The van der Waals surface area contributed by atoms with E-state index < -0.39 is 27.9 Å². The lowest BCUT2D eigenvalue weighted by molar-refractivity contribution is -0.143. The van der Waals surface area contributed by atoms with Gasteiger partial charge in [-0.25, -0.2) is 12.7 Å². The van der Waals surface area contributed by atoms with E-state index in [2.05, 4.69) is 6.92 Å². The molecule has 1 heterocycles. The topological polar surface area (TPSA) is 54.5 Å². The van der Waals surface area contributed by atoms with Gasteiger partial charge in [-0.3, -0.25) is 4.79 Å². The molecule has 1 aliphatic heterocycles. The van der Waals surface area contributed by atoms with Gasteiger partial charge in [-0.2, -0.15) is 0 Å². The maximum Gasteiger partial charge on any atom is 0.267 e. The Balaban J connectivity index is 1.67. The van der Waals surface area contributed by atoms with Crippen molar-refractivity contribution in [1.29, 1.82) is 0 Å². The minimum atomic E-state index is -3.94. The number of hydrogen-bond donors (Lipinski definition) is 0. The number of aryl methyl sites for hydroxylation is 1. The Bertz CT molecular complexity index is 1190. The zero-order chi connectivity index (χ0) is 22.0. The lowest BCUT2D eigenvalue weighted by atomic mass is 9.84. The fourth-order valence-electron chi connectivity index (χ4n) is 3.91. The molecule has 3 atom stereocenters. The molecular weight excluding hydrogens is 406 g/mol. The molecule has 3 aromatic rings.